The molecule has 0 saturated carbocycles. The standard InChI is InChI=1S/C20H19N3O6S/c1-3-28-19(25)11-22-16-9-6-14(23(26)27)10-17(16)30-20(22)21-18(24)12-29-15-7-4-13(2)5-8-15/h4-10H,3,11-12H2,1-2H3. The number of aromatic nitrogens is 1. The summed E-state index contributed by atoms with van der Waals surface area (Å²) < 4.78 is 12.5. The van der Waals surface area contributed by atoms with Gasteiger partial charge in [-0.15, -0.1) is 0 Å². The van der Waals surface area contributed by atoms with E-state index in [4.69, 9.17) is 9.47 Å². The molecule has 30 heavy (non-hydrogen) atoms. The minimum Gasteiger partial charge on any atom is -0.484 e. The zero-order chi connectivity index (χ0) is 21.7. The van der Waals surface area contributed by atoms with Gasteiger partial charge in [0, 0.05) is 12.1 Å². The molecule has 2 aromatic carbocycles. The molecule has 156 valence electrons. The summed E-state index contributed by atoms with van der Waals surface area (Å²) in [6.07, 6.45) is 0. The Morgan fingerprint density at radius 3 is 2.60 bits per heavy atom. The van der Waals surface area contributed by atoms with E-state index in [1.165, 1.54) is 22.8 Å². The maximum absolute atomic E-state index is 12.3. The Hall–Kier alpha value is -3.53. The summed E-state index contributed by atoms with van der Waals surface area (Å²) in [5, 5.41) is 11.1. The lowest BCUT2D eigenvalue weighted by Crippen LogP contribution is -2.24. The van der Waals surface area contributed by atoms with Crippen molar-refractivity contribution in [3.63, 3.8) is 0 Å². The average molecular weight is 429 g/mol. The predicted octanol–water partition coefficient (Wildman–Crippen LogP) is 2.99. The first-order valence-electron chi connectivity index (χ1n) is 9.08. The number of esters is 1. The van der Waals surface area contributed by atoms with Gasteiger partial charge < -0.3 is 14.0 Å². The van der Waals surface area contributed by atoms with E-state index < -0.39 is 16.8 Å². The van der Waals surface area contributed by atoms with Crippen LogP contribution in [-0.4, -0.2) is 34.6 Å². The van der Waals surface area contributed by atoms with Crippen molar-refractivity contribution in [3.05, 3.63) is 62.9 Å². The number of hydrogen-bond donors (Lipinski definition) is 0. The van der Waals surface area contributed by atoms with Crippen LogP contribution in [-0.2, 0) is 20.9 Å². The quantitative estimate of drug-likeness (QED) is 0.324. The third-order valence-electron chi connectivity index (χ3n) is 4.07. The topological polar surface area (TPSA) is 113 Å². The molecule has 1 heterocycles. The maximum atomic E-state index is 12.3. The molecule has 0 aliphatic heterocycles. The number of nitrogens with zero attached hydrogens (tertiary/aromatic N) is 3. The summed E-state index contributed by atoms with van der Waals surface area (Å²) in [5.74, 6) is -0.509. The summed E-state index contributed by atoms with van der Waals surface area (Å²) in [6.45, 7) is 3.39. The van der Waals surface area contributed by atoms with Crippen LogP contribution < -0.4 is 9.54 Å². The van der Waals surface area contributed by atoms with Crippen molar-refractivity contribution >= 4 is 39.1 Å². The molecule has 0 N–H and O–H groups in total. The van der Waals surface area contributed by atoms with E-state index in [0.717, 1.165) is 16.9 Å². The largest absolute Gasteiger partial charge is 0.484 e. The number of carbonyl (C=O) groups excluding carboxylic acids is 2. The van der Waals surface area contributed by atoms with E-state index in [1.807, 2.05) is 19.1 Å². The molecule has 1 amide bonds. The Morgan fingerprint density at radius 2 is 1.93 bits per heavy atom. The number of thiazole rings is 1. The number of nitro groups is 1. The number of benzene rings is 2. The number of hydrogen-bond acceptors (Lipinski definition) is 7. The molecule has 3 aromatic rings. The third-order valence-corrected chi connectivity index (χ3v) is 5.11. The molecule has 0 bridgehead atoms. The van der Waals surface area contributed by atoms with Crippen molar-refractivity contribution in [3.8, 4) is 5.75 Å². The number of rotatable bonds is 7. The van der Waals surface area contributed by atoms with Crippen LogP contribution >= 0.6 is 11.3 Å². The van der Waals surface area contributed by atoms with Crippen LogP contribution in [0.3, 0.4) is 0 Å². The average Bonchev–Trinajstić information content (AvgIpc) is 3.03. The van der Waals surface area contributed by atoms with Crippen molar-refractivity contribution in [2.24, 2.45) is 4.99 Å². The Labute approximate surface area is 175 Å². The highest BCUT2D eigenvalue weighted by molar-refractivity contribution is 7.16. The van der Waals surface area contributed by atoms with Gasteiger partial charge in [0.2, 0.25) is 0 Å². The minimum atomic E-state index is -0.547. The number of non-ortho nitro benzene ring substituents is 1. The monoisotopic (exact) mass is 429 g/mol. The van der Waals surface area contributed by atoms with E-state index in [0.29, 0.717) is 16.0 Å². The summed E-state index contributed by atoms with van der Waals surface area (Å²) in [5.41, 5.74) is 1.52. The van der Waals surface area contributed by atoms with Gasteiger partial charge in [0.1, 0.15) is 12.3 Å². The van der Waals surface area contributed by atoms with Gasteiger partial charge in [0.15, 0.2) is 11.4 Å². The Balaban J connectivity index is 1.92. The Morgan fingerprint density at radius 1 is 1.20 bits per heavy atom. The smallest absolute Gasteiger partial charge is 0.326 e. The molecule has 0 fully saturated rings. The highest BCUT2D eigenvalue weighted by Crippen LogP contribution is 2.23. The van der Waals surface area contributed by atoms with Crippen molar-refractivity contribution in [2.75, 3.05) is 13.2 Å². The lowest BCUT2D eigenvalue weighted by molar-refractivity contribution is -0.384. The van der Waals surface area contributed by atoms with Crippen molar-refractivity contribution in [2.45, 2.75) is 20.4 Å². The number of fused-ring (bicyclic) bond motifs is 1. The Bertz CT molecular complexity index is 1160. The molecule has 0 saturated heterocycles. The predicted molar refractivity (Wildman–Crippen MR) is 110 cm³/mol. The highest BCUT2D eigenvalue weighted by atomic mass is 32.1. The lowest BCUT2D eigenvalue weighted by Gasteiger charge is -2.05. The zero-order valence-electron chi connectivity index (χ0n) is 16.4. The second-order valence-corrected chi connectivity index (χ2v) is 7.30. The van der Waals surface area contributed by atoms with Crippen LogP contribution in [0.15, 0.2) is 47.5 Å². The second kappa shape index (κ2) is 9.31. The van der Waals surface area contributed by atoms with E-state index in [2.05, 4.69) is 4.99 Å². The van der Waals surface area contributed by atoms with Crippen molar-refractivity contribution in [1.82, 2.24) is 4.57 Å². The van der Waals surface area contributed by atoms with Gasteiger partial charge in [-0.2, -0.15) is 4.99 Å². The van der Waals surface area contributed by atoms with Gasteiger partial charge in [-0.05, 0) is 32.0 Å². The van der Waals surface area contributed by atoms with E-state index >= 15 is 0 Å². The summed E-state index contributed by atoms with van der Waals surface area (Å²) in [6, 6.07) is 11.5. The number of nitro benzene ring substituents is 1. The fourth-order valence-electron chi connectivity index (χ4n) is 2.67. The van der Waals surface area contributed by atoms with E-state index in [-0.39, 0.29) is 30.2 Å². The first kappa shape index (κ1) is 21.2. The van der Waals surface area contributed by atoms with Crippen LogP contribution in [0.25, 0.3) is 10.2 Å². The summed E-state index contributed by atoms with van der Waals surface area (Å²) in [4.78, 5) is 39.2. The number of ether oxygens (including phenoxy) is 2. The maximum Gasteiger partial charge on any atom is 0.326 e. The van der Waals surface area contributed by atoms with Gasteiger partial charge in [-0.25, -0.2) is 0 Å². The third kappa shape index (κ3) is 5.09. The molecule has 0 atom stereocenters. The zero-order valence-corrected chi connectivity index (χ0v) is 17.2. The van der Waals surface area contributed by atoms with Gasteiger partial charge in [0.05, 0.1) is 21.7 Å². The normalized spacial score (nSPS) is 11.5. The molecular weight excluding hydrogens is 410 g/mol. The summed E-state index contributed by atoms with van der Waals surface area (Å²) >= 11 is 1.08. The summed E-state index contributed by atoms with van der Waals surface area (Å²) in [7, 11) is 0. The van der Waals surface area contributed by atoms with Crippen LogP contribution in [0.2, 0.25) is 0 Å². The molecule has 0 aliphatic carbocycles. The van der Waals surface area contributed by atoms with Crippen LogP contribution in [0, 0.1) is 17.0 Å². The first-order chi connectivity index (χ1) is 14.4. The van der Waals surface area contributed by atoms with Gasteiger partial charge >= 0.3 is 5.97 Å². The Kier molecular flexibility index (Phi) is 6.58. The highest BCUT2D eigenvalue weighted by Gasteiger charge is 2.15. The number of amides is 1. The molecule has 0 spiro atoms. The van der Waals surface area contributed by atoms with Crippen LogP contribution in [0.4, 0.5) is 5.69 Å². The number of aryl methyl sites for hydroxylation is 1. The lowest BCUT2D eigenvalue weighted by atomic mass is 10.2. The van der Waals surface area contributed by atoms with Gasteiger partial charge in [-0.1, -0.05) is 29.0 Å². The first-order valence-corrected chi connectivity index (χ1v) is 9.89. The fraction of sp³-hybridized carbons (Fsp3) is 0.250. The molecule has 10 heteroatoms. The van der Waals surface area contributed by atoms with E-state index in [9.17, 15) is 19.7 Å². The molecule has 0 radical (unpaired) electrons. The molecular formula is C20H19N3O6S. The molecule has 3 rings (SSSR count). The van der Waals surface area contributed by atoms with Crippen molar-refractivity contribution < 1.29 is 24.0 Å². The van der Waals surface area contributed by atoms with E-state index in [1.54, 1.807) is 19.1 Å². The van der Waals surface area contributed by atoms with Crippen LogP contribution in [0.5, 0.6) is 5.75 Å². The molecule has 0 unspecified atom stereocenters. The van der Waals surface area contributed by atoms with Crippen molar-refractivity contribution in [1.29, 1.82) is 0 Å². The SMILES string of the molecule is CCOC(=O)Cn1c(=NC(=O)COc2ccc(C)cc2)sc2cc([N+](=O)[O-])ccc21. The molecule has 9 nitrogen and oxygen atoms in total. The molecule has 0 aliphatic rings. The van der Waals surface area contributed by atoms with Crippen LogP contribution in [0.1, 0.15) is 12.5 Å². The second-order valence-electron chi connectivity index (χ2n) is 6.29. The fourth-order valence-corrected chi connectivity index (χ4v) is 3.75. The van der Waals surface area contributed by atoms with Gasteiger partial charge in [-0.3, -0.25) is 19.7 Å². The molecule has 1 aromatic heterocycles. The minimum absolute atomic E-state index is 0.0902. The number of carbonyl (C=O) groups is 2. The van der Waals surface area contributed by atoms with Gasteiger partial charge in [0.25, 0.3) is 11.6 Å².